The van der Waals surface area contributed by atoms with E-state index < -0.39 is 18.0 Å². The Bertz CT molecular complexity index is 764. The Morgan fingerprint density at radius 1 is 1.26 bits per heavy atom. The first kappa shape index (κ1) is 23.0. The van der Waals surface area contributed by atoms with Crippen LogP contribution in [0.25, 0.3) is 0 Å². The number of piperazine rings is 1. The van der Waals surface area contributed by atoms with Crippen LogP contribution in [-0.4, -0.2) is 57.3 Å². The van der Waals surface area contributed by atoms with Crippen molar-refractivity contribution < 1.29 is 14.4 Å². The van der Waals surface area contributed by atoms with E-state index in [0.29, 0.717) is 13.0 Å². The van der Waals surface area contributed by atoms with Crippen molar-refractivity contribution in [2.24, 2.45) is 11.7 Å². The van der Waals surface area contributed by atoms with Crippen LogP contribution in [0.15, 0.2) is 24.5 Å². The number of amides is 4. The lowest BCUT2D eigenvalue weighted by molar-refractivity contribution is -0.145. The number of carbonyl (C=O) groups excluding carboxylic acids is 3. The summed E-state index contributed by atoms with van der Waals surface area (Å²) in [6, 6.07) is 2.57. The summed E-state index contributed by atoms with van der Waals surface area (Å²) in [5, 5.41) is 3.13. The van der Waals surface area contributed by atoms with Crippen molar-refractivity contribution in [3.05, 3.63) is 30.1 Å². The molecule has 31 heavy (non-hydrogen) atoms. The molecule has 1 saturated heterocycles. The fourth-order valence-corrected chi connectivity index (χ4v) is 4.73. The van der Waals surface area contributed by atoms with Crippen LogP contribution in [0.3, 0.4) is 0 Å². The van der Waals surface area contributed by atoms with Crippen LogP contribution >= 0.6 is 0 Å². The van der Waals surface area contributed by atoms with Crippen molar-refractivity contribution in [2.45, 2.75) is 83.5 Å². The van der Waals surface area contributed by atoms with Gasteiger partial charge in [0.2, 0.25) is 11.8 Å². The highest BCUT2D eigenvalue weighted by molar-refractivity contribution is 5.89. The molecule has 0 spiro atoms. The third-order valence-corrected chi connectivity index (χ3v) is 6.15. The summed E-state index contributed by atoms with van der Waals surface area (Å²) in [7, 11) is 0. The molecule has 3 rings (SSSR count). The zero-order valence-corrected chi connectivity index (χ0v) is 18.6. The number of aromatic nitrogens is 1. The Hall–Kier alpha value is -2.64. The summed E-state index contributed by atoms with van der Waals surface area (Å²) >= 11 is 0. The quantitative estimate of drug-likeness (QED) is 0.694. The van der Waals surface area contributed by atoms with E-state index in [4.69, 9.17) is 5.73 Å². The molecule has 0 aromatic carbocycles. The van der Waals surface area contributed by atoms with Crippen molar-refractivity contribution in [3.8, 4) is 0 Å². The largest absolute Gasteiger partial charge is 0.370 e. The molecule has 1 aromatic rings. The van der Waals surface area contributed by atoms with Gasteiger partial charge in [-0.05, 0) is 36.8 Å². The van der Waals surface area contributed by atoms with Gasteiger partial charge in [0.15, 0.2) is 0 Å². The highest BCUT2D eigenvalue weighted by Gasteiger charge is 2.44. The van der Waals surface area contributed by atoms with E-state index in [-0.39, 0.29) is 36.9 Å². The van der Waals surface area contributed by atoms with E-state index in [1.807, 2.05) is 26.0 Å². The van der Waals surface area contributed by atoms with Crippen LogP contribution < -0.4 is 11.1 Å². The highest BCUT2D eigenvalue weighted by Crippen LogP contribution is 2.27. The van der Waals surface area contributed by atoms with Gasteiger partial charge in [-0.3, -0.25) is 14.6 Å². The number of nitrogens with zero attached hydrogens (tertiary/aromatic N) is 3. The monoisotopic (exact) mass is 429 g/mol. The van der Waals surface area contributed by atoms with Crippen LogP contribution in [0.1, 0.15) is 64.4 Å². The van der Waals surface area contributed by atoms with Crippen molar-refractivity contribution in [1.29, 1.82) is 0 Å². The minimum atomic E-state index is -0.613. The molecule has 1 aliphatic carbocycles. The maximum atomic E-state index is 13.5. The maximum absolute atomic E-state index is 13.5. The zero-order valence-electron chi connectivity index (χ0n) is 18.6. The van der Waals surface area contributed by atoms with Gasteiger partial charge in [-0.15, -0.1) is 0 Å². The number of carbonyl (C=O) groups is 3. The Balaban J connectivity index is 1.84. The first-order valence-corrected chi connectivity index (χ1v) is 11.4. The summed E-state index contributed by atoms with van der Waals surface area (Å²) < 4.78 is 0. The lowest BCUT2D eigenvalue weighted by Crippen LogP contribution is -2.66. The van der Waals surface area contributed by atoms with Crippen molar-refractivity contribution >= 4 is 17.8 Å². The van der Waals surface area contributed by atoms with Gasteiger partial charge in [-0.2, -0.15) is 0 Å². The average Bonchev–Trinajstić information content (AvgIpc) is 2.72. The van der Waals surface area contributed by atoms with Gasteiger partial charge in [-0.25, -0.2) is 4.79 Å². The number of primary amides is 1. The molecule has 0 radical (unpaired) electrons. The van der Waals surface area contributed by atoms with E-state index in [1.54, 1.807) is 22.2 Å². The minimum absolute atomic E-state index is 0.0313. The zero-order chi connectivity index (χ0) is 22.4. The molecule has 0 unspecified atom stereocenters. The van der Waals surface area contributed by atoms with Gasteiger partial charge >= 0.3 is 6.03 Å². The number of urea groups is 1. The Kier molecular flexibility index (Phi) is 7.87. The Labute approximate surface area is 184 Å². The molecule has 2 heterocycles. The van der Waals surface area contributed by atoms with Gasteiger partial charge in [0.05, 0.1) is 6.04 Å². The van der Waals surface area contributed by atoms with Gasteiger partial charge in [0, 0.05) is 37.9 Å². The summed E-state index contributed by atoms with van der Waals surface area (Å²) in [5.41, 5.74) is 6.45. The summed E-state index contributed by atoms with van der Waals surface area (Å²) in [4.78, 5) is 46.1. The standard InChI is InChI=1S/C23H35N5O3/c1-16(2)11-20-22(30)27(14-17-7-6-10-25-13-17)15-19(12-21(24)29)28(20)23(31)26-18-8-4-3-5-9-18/h6-7,10,13,16,18-20H,3-5,8-9,11-12,14-15H2,1-2H3,(H2,24,29)(H,26,31)/t19-,20+/m1/s1. The van der Waals surface area contributed by atoms with Gasteiger partial charge in [0.25, 0.3) is 0 Å². The first-order valence-electron chi connectivity index (χ1n) is 11.4. The summed E-state index contributed by atoms with van der Waals surface area (Å²) in [5.74, 6) is -0.344. The van der Waals surface area contributed by atoms with E-state index in [0.717, 1.165) is 31.2 Å². The predicted molar refractivity (Wildman–Crippen MR) is 118 cm³/mol. The number of hydrogen-bond acceptors (Lipinski definition) is 4. The Morgan fingerprint density at radius 2 is 2.00 bits per heavy atom. The molecule has 170 valence electrons. The Morgan fingerprint density at radius 3 is 2.61 bits per heavy atom. The van der Waals surface area contributed by atoms with Crippen LogP contribution in [0, 0.1) is 5.92 Å². The molecule has 8 nitrogen and oxygen atoms in total. The second-order valence-electron chi connectivity index (χ2n) is 9.24. The predicted octanol–water partition coefficient (Wildman–Crippen LogP) is 2.43. The summed E-state index contributed by atoms with van der Waals surface area (Å²) in [6.45, 7) is 4.75. The second kappa shape index (κ2) is 10.6. The lowest BCUT2D eigenvalue weighted by atomic mass is 9.94. The van der Waals surface area contributed by atoms with Crippen LogP contribution in [0.4, 0.5) is 4.79 Å². The molecule has 1 aliphatic heterocycles. The fraction of sp³-hybridized carbons (Fsp3) is 0.652. The normalized spacial score (nSPS) is 22.6. The van der Waals surface area contributed by atoms with E-state index in [1.165, 1.54) is 6.42 Å². The molecule has 8 heteroatoms. The minimum Gasteiger partial charge on any atom is -0.370 e. The molecule has 4 amide bonds. The number of hydrogen-bond donors (Lipinski definition) is 2. The van der Waals surface area contributed by atoms with Crippen LogP contribution in [-0.2, 0) is 16.1 Å². The van der Waals surface area contributed by atoms with E-state index in [9.17, 15) is 14.4 Å². The van der Waals surface area contributed by atoms with Gasteiger partial charge in [0.1, 0.15) is 6.04 Å². The fourth-order valence-electron chi connectivity index (χ4n) is 4.73. The third-order valence-electron chi connectivity index (χ3n) is 6.15. The lowest BCUT2D eigenvalue weighted by Gasteiger charge is -2.46. The van der Waals surface area contributed by atoms with Crippen molar-refractivity contribution in [1.82, 2.24) is 20.1 Å². The number of rotatable bonds is 7. The maximum Gasteiger partial charge on any atom is 0.318 e. The smallest absolute Gasteiger partial charge is 0.318 e. The van der Waals surface area contributed by atoms with Crippen molar-refractivity contribution in [2.75, 3.05) is 6.54 Å². The molecule has 2 fully saturated rings. The average molecular weight is 430 g/mol. The molecule has 2 atom stereocenters. The molecule has 1 saturated carbocycles. The highest BCUT2D eigenvalue weighted by atomic mass is 16.2. The number of nitrogens with two attached hydrogens (primary N) is 1. The van der Waals surface area contributed by atoms with E-state index >= 15 is 0 Å². The van der Waals surface area contributed by atoms with Crippen LogP contribution in [0.5, 0.6) is 0 Å². The molecule has 1 aromatic heterocycles. The molecule has 2 aliphatic rings. The molecule has 0 bridgehead atoms. The SMILES string of the molecule is CC(C)C[C@H]1C(=O)N(Cc2cccnc2)C[C@@H](CC(N)=O)N1C(=O)NC1CCCCC1. The van der Waals surface area contributed by atoms with Crippen LogP contribution in [0.2, 0.25) is 0 Å². The van der Waals surface area contributed by atoms with Crippen molar-refractivity contribution in [3.63, 3.8) is 0 Å². The van der Waals surface area contributed by atoms with Gasteiger partial charge < -0.3 is 20.9 Å². The number of pyridine rings is 1. The third kappa shape index (κ3) is 6.18. The van der Waals surface area contributed by atoms with E-state index in [2.05, 4.69) is 10.3 Å². The first-order chi connectivity index (χ1) is 14.8. The molecular weight excluding hydrogens is 394 g/mol. The van der Waals surface area contributed by atoms with Gasteiger partial charge in [-0.1, -0.05) is 39.2 Å². The number of nitrogens with one attached hydrogen (secondary N) is 1. The summed E-state index contributed by atoms with van der Waals surface area (Å²) in [6.07, 6.45) is 9.29. The topological polar surface area (TPSA) is 109 Å². The molecular formula is C23H35N5O3. The molecule has 3 N–H and O–H groups in total. The second-order valence-corrected chi connectivity index (χ2v) is 9.24.